The molecule has 41 heavy (non-hydrogen) atoms. The fourth-order valence-electron chi connectivity index (χ4n) is 4.86. The fourth-order valence-corrected chi connectivity index (χ4v) is 5.01. The Morgan fingerprint density at radius 3 is 2.76 bits per heavy atom. The van der Waals surface area contributed by atoms with Crippen LogP contribution in [0.5, 0.6) is 0 Å². The van der Waals surface area contributed by atoms with Crippen molar-refractivity contribution in [2.75, 3.05) is 33.4 Å². The molecule has 0 aliphatic carbocycles. The van der Waals surface area contributed by atoms with Gasteiger partial charge in [-0.25, -0.2) is 14.2 Å². The summed E-state index contributed by atoms with van der Waals surface area (Å²) in [6.07, 6.45) is 6.01. The van der Waals surface area contributed by atoms with Crippen LogP contribution in [-0.2, 0) is 34.0 Å². The highest BCUT2D eigenvalue weighted by atomic mass is 35.5. The van der Waals surface area contributed by atoms with E-state index in [0.717, 1.165) is 54.9 Å². The molecule has 2 heterocycles. The second-order valence-electron chi connectivity index (χ2n) is 9.97. The predicted octanol–water partition coefficient (Wildman–Crippen LogP) is 5.30. The first-order valence-corrected chi connectivity index (χ1v) is 14.2. The van der Waals surface area contributed by atoms with Gasteiger partial charge >= 0.3 is 5.97 Å². The van der Waals surface area contributed by atoms with Crippen LogP contribution in [0.4, 0.5) is 4.39 Å². The summed E-state index contributed by atoms with van der Waals surface area (Å²) < 4.78 is 26.6. The summed E-state index contributed by atoms with van der Waals surface area (Å²) in [5.41, 5.74) is 9.68. The minimum Gasteiger partial charge on any atom is -0.465 e. The summed E-state index contributed by atoms with van der Waals surface area (Å²) >= 11 is 5.77. The number of hydrogen-bond donors (Lipinski definition) is 1. The number of hydrogen-bond acceptors (Lipinski definition) is 8. The molecule has 0 unspecified atom stereocenters. The maximum absolute atomic E-state index is 13.8. The van der Waals surface area contributed by atoms with Crippen LogP contribution in [0.15, 0.2) is 53.3 Å². The van der Waals surface area contributed by atoms with Crippen LogP contribution in [0.3, 0.4) is 0 Å². The fraction of sp³-hybridized carbons (Fsp3) is 0.433. The predicted molar refractivity (Wildman–Crippen MR) is 157 cm³/mol. The topological polar surface area (TPSA) is 104 Å². The maximum Gasteiger partial charge on any atom is 0.337 e. The van der Waals surface area contributed by atoms with E-state index in [2.05, 4.69) is 21.5 Å². The van der Waals surface area contributed by atoms with Gasteiger partial charge in [0, 0.05) is 35.4 Å². The molecule has 1 saturated heterocycles. The third kappa shape index (κ3) is 8.28. The number of methoxy groups -OCH3 is 1. The number of carbonyl (C=O) groups excluding carboxylic acids is 1. The smallest absolute Gasteiger partial charge is 0.337 e. The third-order valence-electron chi connectivity index (χ3n) is 7.12. The van der Waals surface area contributed by atoms with Crippen molar-refractivity contribution >= 4 is 34.8 Å². The molecule has 1 aromatic heterocycles. The molecule has 4 rings (SSSR count). The van der Waals surface area contributed by atoms with Crippen molar-refractivity contribution in [2.45, 2.75) is 45.9 Å². The van der Waals surface area contributed by atoms with E-state index in [1.165, 1.54) is 19.4 Å². The number of halogens is 2. The Balaban J connectivity index is 1.34. The number of benzene rings is 2. The van der Waals surface area contributed by atoms with Crippen LogP contribution in [0.25, 0.3) is 11.0 Å². The maximum atomic E-state index is 13.8. The number of rotatable bonds is 13. The first kappa shape index (κ1) is 30.5. The Labute approximate surface area is 244 Å². The van der Waals surface area contributed by atoms with E-state index in [0.29, 0.717) is 42.5 Å². The number of ether oxygens (including phenoxy) is 2. The first-order valence-electron chi connectivity index (χ1n) is 13.8. The normalized spacial score (nSPS) is 15.2. The van der Waals surface area contributed by atoms with Crippen molar-refractivity contribution < 1.29 is 23.5 Å². The van der Waals surface area contributed by atoms with E-state index in [9.17, 15) is 9.18 Å². The molecule has 0 amide bonds. The highest BCUT2D eigenvalue weighted by Crippen LogP contribution is 2.25. The van der Waals surface area contributed by atoms with Gasteiger partial charge in [-0.3, -0.25) is 4.90 Å². The van der Waals surface area contributed by atoms with E-state index >= 15 is 0 Å². The molecule has 0 atom stereocenters. The van der Waals surface area contributed by atoms with Gasteiger partial charge in [0.25, 0.3) is 0 Å². The molecule has 220 valence electrons. The highest BCUT2D eigenvalue weighted by Gasteiger charge is 2.23. The number of oxime groups is 1. The van der Waals surface area contributed by atoms with Crippen molar-refractivity contribution in [3.05, 3.63) is 76.0 Å². The molecule has 9 nitrogen and oxygen atoms in total. The molecule has 2 aromatic carbocycles. The van der Waals surface area contributed by atoms with Crippen LogP contribution in [0.2, 0.25) is 5.02 Å². The molecular weight excluding hydrogens is 549 g/mol. The minimum atomic E-state index is -0.430. The molecule has 2 N–H and O–H groups in total. The molecule has 1 aliphatic heterocycles. The van der Waals surface area contributed by atoms with Crippen LogP contribution in [-0.4, -0.2) is 60.0 Å². The standard InChI is InChI=1S/C30H37ClFN5O4/c1-3-15-40-16-14-37-28-17-22(30(38)39-2)5-7-27(28)35-29(37)19-36-12-9-21(10-13-36)26(33)8-11-34-41-20-23-4-6-24(31)18-25(23)32/h4-8,11,17-18,21H,3,9-10,12-16,19-20,33H2,1-2H3/b26-8-,34-11+. The molecular formula is C30H37ClFN5O4. The van der Waals surface area contributed by atoms with Crippen molar-refractivity contribution in [1.82, 2.24) is 14.5 Å². The van der Waals surface area contributed by atoms with Crippen LogP contribution in [0.1, 0.15) is 47.9 Å². The molecule has 0 spiro atoms. The first-order chi connectivity index (χ1) is 19.9. The average Bonchev–Trinajstić information content (AvgIpc) is 3.31. The number of imidazole rings is 1. The summed E-state index contributed by atoms with van der Waals surface area (Å²) in [6, 6.07) is 9.87. The lowest BCUT2D eigenvalue weighted by molar-refractivity contribution is 0.0601. The Morgan fingerprint density at radius 2 is 2.02 bits per heavy atom. The zero-order chi connectivity index (χ0) is 29.2. The molecule has 11 heteroatoms. The largest absolute Gasteiger partial charge is 0.465 e. The van der Waals surface area contributed by atoms with E-state index < -0.39 is 5.82 Å². The van der Waals surface area contributed by atoms with Crippen molar-refractivity contribution in [3.63, 3.8) is 0 Å². The number of esters is 1. The van der Waals surface area contributed by atoms with E-state index in [1.807, 2.05) is 12.1 Å². The van der Waals surface area contributed by atoms with Gasteiger partial charge in [0.05, 0.1) is 43.1 Å². The van der Waals surface area contributed by atoms with Gasteiger partial charge in [0.15, 0.2) is 0 Å². The Bertz CT molecular complexity index is 1380. The SMILES string of the molecule is CCCOCCn1c(CN2CCC(/C(N)=C/C=N/OCc3ccc(Cl)cc3F)CC2)nc2ccc(C(=O)OC)cc21. The lowest BCUT2D eigenvalue weighted by Gasteiger charge is -2.32. The van der Waals surface area contributed by atoms with Crippen LogP contribution < -0.4 is 5.73 Å². The van der Waals surface area contributed by atoms with Gasteiger partial charge in [-0.05, 0) is 68.8 Å². The molecule has 0 bridgehead atoms. The number of fused-ring (bicyclic) bond motifs is 1. The number of nitrogens with zero attached hydrogens (tertiary/aromatic N) is 4. The van der Waals surface area contributed by atoms with Gasteiger partial charge in [-0.2, -0.15) is 0 Å². The molecule has 3 aromatic rings. The lowest BCUT2D eigenvalue weighted by atomic mass is 9.93. The van der Waals surface area contributed by atoms with E-state index in [-0.39, 0.29) is 18.5 Å². The number of piperidine rings is 1. The van der Waals surface area contributed by atoms with Gasteiger partial charge in [-0.1, -0.05) is 29.7 Å². The number of nitrogens with two attached hydrogens (primary N) is 1. The molecule has 1 aliphatic rings. The van der Waals surface area contributed by atoms with Crippen molar-refractivity contribution in [3.8, 4) is 0 Å². The summed E-state index contributed by atoms with van der Waals surface area (Å²) in [6.45, 7) is 6.42. The third-order valence-corrected chi connectivity index (χ3v) is 7.35. The average molecular weight is 586 g/mol. The second-order valence-corrected chi connectivity index (χ2v) is 10.4. The van der Waals surface area contributed by atoms with Gasteiger partial charge in [-0.15, -0.1) is 0 Å². The Morgan fingerprint density at radius 1 is 1.22 bits per heavy atom. The number of likely N-dealkylation sites (tertiary alicyclic amines) is 1. The minimum absolute atomic E-state index is 0.00510. The quantitative estimate of drug-likeness (QED) is 0.126. The highest BCUT2D eigenvalue weighted by molar-refractivity contribution is 6.30. The summed E-state index contributed by atoms with van der Waals surface area (Å²) in [5, 5.41) is 4.22. The van der Waals surface area contributed by atoms with E-state index in [4.69, 9.17) is 36.6 Å². The Hall–Kier alpha value is -3.47. The van der Waals surface area contributed by atoms with E-state index in [1.54, 1.807) is 24.3 Å². The zero-order valence-corrected chi connectivity index (χ0v) is 24.3. The number of allylic oxidation sites excluding steroid dienone is 2. The van der Waals surface area contributed by atoms with Crippen LogP contribution in [0, 0.1) is 11.7 Å². The van der Waals surface area contributed by atoms with Crippen LogP contribution >= 0.6 is 11.6 Å². The number of carbonyl (C=O) groups is 1. The monoisotopic (exact) mass is 585 g/mol. The summed E-state index contributed by atoms with van der Waals surface area (Å²) in [7, 11) is 1.38. The second kappa shape index (κ2) is 15.0. The van der Waals surface area contributed by atoms with Gasteiger partial charge in [0.1, 0.15) is 18.2 Å². The van der Waals surface area contributed by atoms with Gasteiger partial charge < -0.3 is 24.6 Å². The van der Waals surface area contributed by atoms with Crippen molar-refractivity contribution in [1.29, 1.82) is 0 Å². The van der Waals surface area contributed by atoms with Crippen molar-refractivity contribution in [2.24, 2.45) is 16.8 Å². The Kier molecular flexibility index (Phi) is 11.1. The van der Waals surface area contributed by atoms with Gasteiger partial charge in [0.2, 0.25) is 0 Å². The molecule has 0 saturated carbocycles. The molecule has 1 fully saturated rings. The molecule has 0 radical (unpaired) electrons. The summed E-state index contributed by atoms with van der Waals surface area (Å²) in [5.74, 6) is 0.366. The lowest BCUT2D eigenvalue weighted by Crippen LogP contribution is -2.35. The zero-order valence-electron chi connectivity index (χ0n) is 23.5. The summed E-state index contributed by atoms with van der Waals surface area (Å²) in [4.78, 5) is 24.6. The number of aromatic nitrogens is 2.